The monoisotopic (exact) mass is 504 g/mol. The first-order valence-electron chi connectivity index (χ1n) is 11.5. The number of piperidine rings is 1. The quantitative estimate of drug-likeness (QED) is 0.418. The molecule has 1 fully saturated rings. The standard InChI is InChI=1S/C25H27F3N4O2S/c1-14(2)32-12-5-4-9-19(32)18-10-11-20-22(31-24(35-20)29-15(3)33)21(18)23(34)30-17-8-6-7-16(13-17)25(26,27)28/h6-8,10-11,13-14,19H,4-5,9,12H2,1-3H3,(H,30,34)(H,29,31,33). The second-order valence-electron chi connectivity index (χ2n) is 8.95. The average molecular weight is 505 g/mol. The lowest BCUT2D eigenvalue weighted by Crippen LogP contribution is -2.39. The first-order valence-corrected chi connectivity index (χ1v) is 12.3. The van der Waals surface area contributed by atoms with Crippen LogP contribution in [0.5, 0.6) is 0 Å². The van der Waals surface area contributed by atoms with Crippen LogP contribution in [-0.4, -0.2) is 34.3 Å². The number of fused-ring (bicyclic) bond motifs is 1. The summed E-state index contributed by atoms with van der Waals surface area (Å²) in [4.78, 5) is 32.1. The van der Waals surface area contributed by atoms with Gasteiger partial charge in [-0.3, -0.25) is 14.5 Å². The topological polar surface area (TPSA) is 74.3 Å². The summed E-state index contributed by atoms with van der Waals surface area (Å²) in [5, 5.41) is 5.68. The molecule has 0 radical (unpaired) electrons. The molecule has 0 spiro atoms. The number of carbonyl (C=O) groups excluding carboxylic acids is 2. The van der Waals surface area contributed by atoms with Crippen molar-refractivity contribution in [3.8, 4) is 0 Å². The Bertz CT molecular complexity index is 1260. The first kappa shape index (κ1) is 25.1. The van der Waals surface area contributed by atoms with Gasteiger partial charge >= 0.3 is 6.18 Å². The SMILES string of the molecule is CC(=O)Nc1nc2c(C(=O)Nc3cccc(C(F)(F)F)c3)c(C3CCCCN3C(C)C)ccc2s1. The van der Waals surface area contributed by atoms with Crippen LogP contribution in [0, 0.1) is 0 Å². The van der Waals surface area contributed by atoms with Crippen LogP contribution in [0.1, 0.15) is 67.6 Å². The molecular formula is C25H27F3N4O2S. The molecule has 0 bridgehead atoms. The van der Waals surface area contributed by atoms with Gasteiger partial charge in [-0.15, -0.1) is 0 Å². The van der Waals surface area contributed by atoms with Gasteiger partial charge in [0.25, 0.3) is 5.91 Å². The van der Waals surface area contributed by atoms with Gasteiger partial charge in [0, 0.05) is 24.7 Å². The molecule has 2 N–H and O–H groups in total. The largest absolute Gasteiger partial charge is 0.416 e. The Morgan fingerprint density at radius 1 is 1.14 bits per heavy atom. The van der Waals surface area contributed by atoms with E-state index in [0.717, 1.165) is 43.5 Å². The molecule has 3 aromatic rings. The van der Waals surface area contributed by atoms with Crippen molar-refractivity contribution in [2.45, 2.75) is 58.3 Å². The van der Waals surface area contributed by atoms with E-state index >= 15 is 0 Å². The molecule has 0 aliphatic carbocycles. The summed E-state index contributed by atoms with van der Waals surface area (Å²) >= 11 is 1.25. The number of thiazole rings is 1. The molecule has 1 saturated heterocycles. The molecule has 4 rings (SSSR count). The summed E-state index contributed by atoms with van der Waals surface area (Å²) in [6.07, 6.45) is -1.59. The van der Waals surface area contributed by atoms with Gasteiger partial charge in [0.2, 0.25) is 5.91 Å². The van der Waals surface area contributed by atoms with Crippen molar-refractivity contribution in [3.05, 3.63) is 53.1 Å². The Balaban J connectivity index is 1.81. The van der Waals surface area contributed by atoms with E-state index in [4.69, 9.17) is 0 Å². The molecule has 0 saturated carbocycles. The third-order valence-electron chi connectivity index (χ3n) is 6.12. The van der Waals surface area contributed by atoms with E-state index in [2.05, 4.69) is 34.4 Å². The van der Waals surface area contributed by atoms with Crippen molar-refractivity contribution >= 4 is 44.2 Å². The van der Waals surface area contributed by atoms with Gasteiger partial charge in [-0.05, 0) is 63.1 Å². The van der Waals surface area contributed by atoms with E-state index < -0.39 is 17.6 Å². The Morgan fingerprint density at radius 2 is 1.91 bits per heavy atom. The van der Waals surface area contributed by atoms with E-state index in [0.29, 0.717) is 20.9 Å². The van der Waals surface area contributed by atoms with E-state index in [1.807, 2.05) is 12.1 Å². The first-order chi connectivity index (χ1) is 16.5. The van der Waals surface area contributed by atoms with E-state index in [-0.39, 0.29) is 23.7 Å². The summed E-state index contributed by atoms with van der Waals surface area (Å²) in [7, 11) is 0. The Kier molecular flexibility index (Phi) is 7.14. The van der Waals surface area contributed by atoms with Crippen molar-refractivity contribution < 1.29 is 22.8 Å². The predicted molar refractivity (Wildman–Crippen MR) is 132 cm³/mol. The molecule has 1 unspecified atom stereocenters. The van der Waals surface area contributed by atoms with Crippen molar-refractivity contribution in [3.63, 3.8) is 0 Å². The van der Waals surface area contributed by atoms with E-state index in [9.17, 15) is 22.8 Å². The zero-order valence-corrected chi connectivity index (χ0v) is 20.5. The van der Waals surface area contributed by atoms with Crippen LogP contribution in [0.2, 0.25) is 0 Å². The molecule has 2 aromatic carbocycles. The number of hydrogen-bond donors (Lipinski definition) is 2. The molecule has 1 aliphatic heterocycles. The van der Waals surface area contributed by atoms with Crippen molar-refractivity contribution in [2.24, 2.45) is 0 Å². The number of nitrogens with zero attached hydrogens (tertiary/aromatic N) is 2. The number of hydrogen-bond acceptors (Lipinski definition) is 5. The average Bonchev–Trinajstić information content (AvgIpc) is 3.19. The number of halogens is 3. The molecule has 10 heteroatoms. The maximum absolute atomic E-state index is 13.6. The zero-order chi connectivity index (χ0) is 25.3. The second-order valence-corrected chi connectivity index (χ2v) is 9.98. The summed E-state index contributed by atoms with van der Waals surface area (Å²) in [6.45, 7) is 6.48. The number of amides is 2. The van der Waals surface area contributed by atoms with Crippen LogP contribution < -0.4 is 10.6 Å². The Hall–Kier alpha value is -2.98. The van der Waals surface area contributed by atoms with Crippen LogP contribution in [-0.2, 0) is 11.0 Å². The van der Waals surface area contributed by atoms with Gasteiger partial charge < -0.3 is 10.6 Å². The van der Waals surface area contributed by atoms with Crippen LogP contribution in [0.4, 0.5) is 24.0 Å². The number of rotatable bonds is 5. The minimum Gasteiger partial charge on any atom is -0.322 e. The smallest absolute Gasteiger partial charge is 0.322 e. The summed E-state index contributed by atoms with van der Waals surface area (Å²) in [5.74, 6) is -0.809. The molecule has 35 heavy (non-hydrogen) atoms. The Labute approximate surface area is 205 Å². The molecular weight excluding hydrogens is 477 g/mol. The van der Waals surface area contributed by atoms with Gasteiger partial charge in [0.05, 0.1) is 21.3 Å². The molecule has 1 atom stereocenters. The number of nitrogens with one attached hydrogen (secondary N) is 2. The fraction of sp³-hybridized carbons (Fsp3) is 0.400. The van der Waals surface area contributed by atoms with Crippen molar-refractivity contribution in [1.82, 2.24) is 9.88 Å². The van der Waals surface area contributed by atoms with Crippen LogP contribution in [0.3, 0.4) is 0 Å². The predicted octanol–water partition coefficient (Wildman–Crippen LogP) is 6.46. The lowest BCUT2D eigenvalue weighted by atomic mass is 9.90. The summed E-state index contributed by atoms with van der Waals surface area (Å²) in [5.41, 5.74) is 0.749. The van der Waals surface area contributed by atoms with E-state index in [1.165, 1.54) is 30.4 Å². The highest BCUT2D eigenvalue weighted by atomic mass is 32.1. The highest BCUT2D eigenvalue weighted by Crippen LogP contribution is 2.39. The molecule has 1 aromatic heterocycles. The molecule has 2 amide bonds. The number of alkyl halides is 3. The number of anilines is 2. The molecule has 6 nitrogen and oxygen atoms in total. The third-order valence-corrected chi connectivity index (χ3v) is 7.05. The minimum absolute atomic E-state index is 0.0266. The highest BCUT2D eigenvalue weighted by molar-refractivity contribution is 7.22. The van der Waals surface area contributed by atoms with Crippen molar-refractivity contribution in [2.75, 3.05) is 17.2 Å². The molecule has 1 aliphatic rings. The number of aromatic nitrogens is 1. The zero-order valence-electron chi connectivity index (χ0n) is 19.7. The fourth-order valence-electron chi connectivity index (χ4n) is 4.60. The van der Waals surface area contributed by atoms with Gasteiger partial charge in [0.15, 0.2) is 5.13 Å². The maximum Gasteiger partial charge on any atom is 0.416 e. The number of likely N-dealkylation sites (tertiary alicyclic amines) is 1. The highest BCUT2D eigenvalue weighted by Gasteiger charge is 2.32. The van der Waals surface area contributed by atoms with Crippen molar-refractivity contribution in [1.29, 1.82) is 0 Å². The van der Waals surface area contributed by atoms with Gasteiger partial charge in [-0.2, -0.15) is 13.2 Å². The van der Waals surface area contributed by atoms with E-state index in [1.54, 1.807) is 0 Å². The number of benzene rings is 2. The van der Waals surface area contributed by atoms with Gasteiger partial charge in [0.1, 0.15) is 0 Å². The third kappa shape index (κ3) is 5.48. The minimum atomic E-state index is -4.52. The lowest BCUT2D eigenvalue weighted by molar-refractivity contribution is -0.137. The summed E-state index contributed by atoms with van der Waals surface area (Å²) in [6, 6.07) is 8.60. The summed E-state index contributed by atoms with van der Waals surface area (Å²) < 4.78 is 40.3. The normalized spacial score (nSPS) is 17.1. The van der Waals surface area contributed by atoms with Crippen LogP contribution in [0.25, 0.3) is 10.2 Å². The fourth-order valence-corrected chi connectivity index (χ4v) is 5.52. The van der Waals surface area contributed by atoms with Crippen LogP contribution >= 0.6 is 11.3 Å². The molecule has 2 heterocycles. The van der Waals surface area contributed by atoms with Crippen LogP contribution in [0.15, 0.2) is 36.4 Å². The maximum atomic E-state index is 13.6. The Morgan fingerprint density at radius 3 is 2.60 bits per heavy atom. The number of carbonyl (C=O) groups is 2. The van der Waals surface area contributed by atoms with Gasteiger partial charge in [-0.25, -0.2) is 4.98 Å². The lowest BCUT2D eigenvalue weighted by Gasteiger charge is -2.39. The van der Waals surface area contributed by atoms with Gasteiger partial charge in [-0.1, -0.05) is 29.9 Å². The molecule has 186 valence electrons. The second kappa shape index (κ2) is 9.94.